The zero-order chi connectivity index (χ0) is 13.0. The largest absolute Gasteiger partial charge is 0.367 e. The minimum atomic E-state index is -0.174. The molecule has 0 saturated heterocycles. The Balaban J connectivity index is 1.92. The summed E-state index contributed by atoms with van der Waals surface area (Å²) in [6.45, 7) is 0.917. The molecule has 0 spiro atoms. The van der Waals surface area contributed by atoms with Gasteiger partial charge in [-0.15, -0.1) is 10.2 Å². The third kappa shape index (κ3) is 3.38. The molecular formula is C11H15N5OS. The van der Waals surface area contributed by atoms with E-state index in [-0.39, 0.29) is 5.91 Å². The molecule has 0 saturated carbocycles. The molecule has 0 bridgehead atoms. The van der Waals surface area contributed by atoms with Crippen LogP contribution in [0.4, 0.5) is 5.13 Å². The number of aromatic nitrogens is 3. The number of H-pyrrole nitrogens is 1. The van der Waals surface area contributed by atoms with Crippen LogP contribution >= 0.6 is 11.3 Å². The lowest BCUT2D eigenvalue weighted by molar-refractivity contribution is 0.102. The molecule has 18 heavy (non-hydrogen) atoms. The fourth-order valence-corrected chi connectivity index (χ4v) is 2.08. The summed E-state index contributed by atoms with van der Waals surface area (Å²) in [7, 11) is 4.02. The lowest BCUT2D eigenvalue weighted by atomic mass is 10.3. The van der Waals surface area contributed by atoms with E-state index in [4.69, 9.17) is 0 Å². The van der Waals surface area contributed by atoms with Crippen molar-refractivity contribution in [2.75, 3.05) is 26.0 Å². The van der Waals surface area contributed by atoms with Crippen molar-refractivity contribution in [3.05, 3.63) is 29.0 Å². The minimum Gasteiger partial charge on any atom is -0.367 e. The number of nitrogens with one attached hydrogen (secondary N) is 2. The van der Waals surface area contributed by atoms with Gasteiger partial charge in [-0.2, -0.15) is 0 Å². The maximum absolute atomic E-state index is 11.8. The van der Waals surface area contributed by atoms with Crippen molar-refractivity contribution in [1.29, 1.82) is 0 Å². The lowest BCUT2D eigenvalue weighted by Crippen LogP contribution is -2.14. The summed E-state index contributed by atoms with van der Waals surface area (Å²) < 4.78 is 0. The second-order valence-corrected chi connectivity index (χ2v) is 5.17. The Morgan fingerprint density at radius 2 is 2.33 bits per heavy atom. The fraction of sp³-hybridized carbons (Fsp3) is 0.364. The molecule has 0 aliphatic carbocycles. The lowest BCUT2D eigenvalue weighted by Gasteiger charge is -2.05. The van der Waals surface area contributed by atoms with Gasteiger partial charge in [0.15, 0.2) is 0 Å². The van der Waals surface area contributed by atoms with Crippen LogP contribution in [-0.4, -0.2) is 46.6 Å². The molecule has 0 fully saturated rings. The molecule has 96 valence electrons. The number of amides is 1. The molecule has 1 amide bonds. The Kier molecular flexibility index (Phi) is 4.06. The number of hydrogen-bond acceptors (Lipinski definition) is 5. The normalized spacial score (nSPS) is 10.8. The Morgan fingerprint density at radius 3 is 3.00 bits per heavy atom. The van der Waals surface area contributed by atoms with E-state index in [1.54, 1.807) is 18.5 Å². The Hall–Kier alpha value is -1.73. The van der Waals surface area contributed by atoms with Gasteiger partial charge in [-0.3, -0.25) is 10.1 Å². The molecule has 6 nitrogen and oxygen atoms in total. The number of hydrogen-bond donors (Lipinski definition) is 2. The second kappa shape index (κ2) is 5.74. The fourth-order valence-electron chi connectivity index (χ4n) is 1.36. The van der Waals surface area contributed by atoms with Crippen LogP contribution in [0.15, 0.2) is 18.5 Å². The summed E-state index contributed by atoms with van der Waals surface area (Å²) in [5, 5.41) is 12.2. The predicted octanol–water partition coefficient (Wildman–Crippen LogP) is 1.22. The first-order valence-corrected chi connectivity index (χ1v) is 6.38. The zero-order valence-electron chi connectivity index (χ0n) is 10.3. The van der Waals surface area contributed by atoms with E-state index in [1.165, 1.54) is 11.3 Å². The van der Waals surface area contributed by atoms with Crippen molar-refractivity contribution < 1.29 is 4.79 Å². The molecule has 7 heteroatoms. The maximum atomic E-state index is 11.8. The summed E-state index contributed by atoms with van der Waals surface area (Å²) in [5.41, 5.74) is 0.583. The summed E-state index contributed by atoms with van der Waals surface area (Å²) in [5.74, 6) is -0.174. The van der Waals surface area contributed by atoms with Gasteiger partial charge in [0.05, 0.1) is 5.56 Å². The minimum absolute atomic E-state index is 0.174. The monoisotopic (exact) mass is 265 g/mol. The van der Waals surface area contributed by atoms with Crippen LogP contribution in [0.3, 0.4) is 0 Å². The van der Waals surface area contributed by atoms with Gasteiger partial charge in [0.25, 0.3) is 5.91 Å². The van der Waals surface area contributed by atoms with Gasteiger partial charge in [0.2, 0.25) is 5.13 Å². The smallest absolute Gasteiger partial charge is 0.259 e. The van der Waals surface area contributed by atoms with E-state index >= 15 is 0 Å². The number of likely N-dealkylation sites (N-methyl/N-ethyl adjacent to an activating group) is 1. The van der Waals surface area contributed by atoms with Gasteiger partial charge in [0.1, 0.15) is 5.01 Å². The van der Waals surface area contributed by atoms with E-state index in [0.717, 1.165) is 18.0 Å². The van der Waals surface area contributed by atoms with Crippen molar-refractivity contribution >= 4 is 22.4 Å². The topological polar surface area (TPSA) is 73.9 Å². The molecule has 2 rings (SSSR count). The first-order valence-electron chi connectivity index (χ1n) is 5.56. The highest BCUT2D eigenvalue weighted by atomic mass is 32.1. The molecular weight excluding hydrogens is 250 g/mol. The highest BCUT2D eigenvalue weighted by Gasteiger charge is 2.10. The van der Waals surface area contributed by atoms with E-state index in [0.29, 0.717) is 10.7 Å². The molecule has 2 aromatic heterocycles. The number of anilines is 1. The predicted molar refractivity (Wildman–Crippen MR) is 70.9 cm³/mol. The van der Waals surface area contributed by atoms with Gasteiger partial charge in [-0.25, -0.2) is 0 Å². The highest BCUT2D eigenvalue weighted by Crippen LogP contribution is 2.16. The molecule has 0 aromatic carbocycles. The van der Waals surface area contributed by atoms with Crippen LogP contribution in [0, 0.1) is 0 Å². The number of rotatable bonds is 5. The van der Waals surface area contributed by atoms with Crippen LogP contribution in [0.5, 0.6) is 0 Å². The average Bonchev–Trinajstić information content (AvgIpc) is 2.97. The first kappa shape index (κ1) is 12.7. The summed E-state index contributed by atoms with van der Waals surface area (Å²) in [4.78, 5) is 16.7. The Bertz CT molecular complexity index is 505. The third-order valence-corrected chi connectivity index (χ3v) is 3.22. The van der Waals surface area contributed by atoms with Crippen LogP contribution in [0.2, 0.25) is 0 Å². The number of aromatic amines is 1. The van der Waals surface area contributed by atoms with Crippen LogP contribution < -0.4 is 5.32 Å². The standard InChI is InChI=1S/C11H15N5OS/c1-16(2)6-4-9-14-15-11(18-9)13-10(17)8-3-5-12-7-8/h3,5,7,12H,4,6H2,1-2H3,(H,13,15,17). The molecule has 2 N–H and O–H groups in total. The average molecular weight is 265 g/mol. The number of carbonyl (C=O) groups excluding carboxylic acids is 1. The quantitative estimate of drug-likeness (QED) is 0.852. The summed E-state index contributed by atoms with van der Waals surface area (Å²) >= 11 is 1.41. The maximum Gasteiger partial charge on any atom is 0.259 e. The van der Waals surface area contributed by atoms with Crippen molar-refractivity contribution in [3.8, 4) is 0 Å². The SMILES string of the molecule is CN(C)CCc1nnc(NC(=O)c2cc[nH]c2)s1. The van der Waals surface area contributed by atoms with Gasteiger partial charge in [-0.05, 0) is 20.2 Å². The molecule has 0 atom stereocenters. The summed E-state index contributed by atoms with van der Waals surface area (Å²) in [6.07, 6.45) is 4.19. The van der Waals surface area contributed by atoms with Crippen LogP contribution in [-0.2, 0) is 6.42 Å². The molecule has 2 heterocycles. The Labute approximate surface area is 109 Å². The van der Waals surface area contributed by atoms with Crippen molar-refractivity contribution in [1.82, 2.24) is 20.1 Å². The first-order chi connectivity index (χ1) is 8.65. The number of nitrogens with zero attached hydrogens (tertiary/aromatic N) is 3. The van der Waals surface area contributed by atoms with Crippen LogP contribution in [0.1, 0.15) is 15.4 Å². The molecule has 0 radical (unpaired) electrons. The van der Waals surface area contributed by atoms with E-state index in [1.807, 2.05) is 14.1 Å². The van der Waals surface area contributed by atoms with Crippen LogP contribution in [0.25, 0.3) is 0 Å². The molecule has 0 aliphatic rings. The number of carbonyl (C=O) groups is 1. The van der Waals surface area contributed by atoms with Gasteiger partial charge >= 0.3 is 0 Å². The molecule has 0 unspecified atom stereocenters. The van der Waals surface area contributed by atoms with Gasteiger partial charge < -0.3 is 9.88 Å². The zero-order valence-corrected chi connectivity index (χ0v) is 11.1. The third-order valence-electron chi connectivity index (χ3n) is 2.32. The van der Waals surface area contributed by atoms with E-state index < -0.39 is 0 Å². The van der Waals surface area contributed by atoms with E-state index in [9.17, 15) is 4.79 Å². The molecule has 2 aromatic rings. The van der Waals surface area contributed by atoms with Crippen molar-refractivity contribution in [2.24, 2.45) is 0 Å². The molecule has 0 aliphatic heterocycles. The van der Waals surface area contributed by atoms with Gasteiger partial charge in [0, 0.05) is 25.4 Å². The second-order valence-electron chi connectivity index (χ2n) is 4.11. The highest BCUT2D eigenvalue weighted by molar-refractivity contribution is 7.15. The van der Waals surface area contributed by atoms with E-state index in [2.05, 4.69) is 25.4 Å². The summed E-state index contributed by atoms with van der Waals surface area (Å²) in [6, 6.07) is 1.71. The van der Waals surface area contributed by atoms with Crippen molar-refractivity contribution in [2.45, 2.75) is 6.42 Å². The Morgan fingerprint density at radius 1 is 1.50 bits per heavy atom. The van der Waals surface area contributed by atoms with Gasteiger partial charge in [-0.1, -0.05) is 11.3 Å². The van der Waals surface area contributed by atoms with Crippen molar-refractivity contribution in [3.63, 3.8) is 0 Å².